The van der Waals surface area contributed by atoms with E-state index < -0.39 is 30.5 Å². The Hall–Kier alpha value is -2.84. The summed E-state index contributed by atoms with van der Waals surface area (Å²) < 4.78 is 74.1. The number of benzene rings is 2. The van der Waals surface area contributed by atoms with E-state index in [1.54, 1.807) is 13.0 Å². The van der Waals surface area contributed by atoms with E-state index in [1.165, 1.54) is 25.3 Å². The summed E-state index contributed by atoms with van der Waals surface area (Å²) in [7, 11) is 1.30. The fourth-order valence-corrected chi connectivity index (χ4v) is 2.84. The van der Waals surface area contributed by atoms with E-state index in [1.807, 2.05) is 0 Å². The first-order valence-corrected chi connectivity index (χ1v) is 9.17. The lowest BCUT2D eigenvalue weighted by atomic mass is 10.0. The second kappa shape index (κ2) is 10.3. The quantitative estimate of drug-likeness (QED) is 0.591. The Morgan fingerprint density at radius 2 is 1.77 bits per heavy atom. The minimum atomic E-state index is -4.47. The maximum absolute atomic E-state index is 13.7. The Balaban J connectivity index is 1.89. The molecule has 0 radical (unpaired) electrons. The Labute approximate surface area is 171 Å². The zero-order valence-electron chi connectivity index (χ0n) is 16.5. The molecule has 0 aliphatic heterocycles. The van der Waals surface area contributed by atoms with Gasteiger partial charge in [-0.1, -0.05) is 12.1 Å². The Bertz CT molecular complexity index is 850. The van der Waals surface area contributed by atoms with Crippen LogP contribution in [0.4, 0.5) is 22.0 Å². The third-order valence-electron chi connectivity index (χ3n) is 4.24. The highest BCUT2D eigenvalue weighted by Gasteiger charge is 2.29. The Morgan fingerprint density at radius 3 is 2.37 bits per heavy atom. The lowest BCUT2D eigenvalue weighted by Gasteiger charge is -2.16. The number of carbonyl (C=O) groups is 1. The summed E-state index contributed by atoms with van der Waals surface area (Å²) in [5.41, 5.74) is 0.568. The van der Waals surface area contributed by atoms with Gasteiger partial charge in [-0.2, -0.15) is 13.2 Å². The van der Waals surface area contributed by atoms with Gasteiger partial charge in [0, 0.05) is 18.0 Å². The molecule has 0 heterocycles. The van der Waals surface area contributed by atoms with Crippen molar-refractivity contribution in [3.05, 3.63) is 59.2 Å². The van der Waals surface area contributed by atoms with E-state index in [9.17, 15) is 26.7 Å². The molecule has 0 saturated carbocycles. The highest BCUT2D eigenvalue weighted by molar-refractivity contribution is 5.76. The second-order valence-corrected chi connectivity index (χ2v) is 6.76. The zero-order valence-corrected chi connectivity index (χ0v) is 16.5. The zero-order chi connectivity index (χ0) is 22.3. The van der Waals surface area contributed by atoms with Crippen molar-refractivity contribution < 1.29 is 36.2 Å². The third kappa shape index (κ3) is 7.20. The molecule has 1 N–H and O–H groups in total. The van der Waals surface area contributed by atoms with Crippen LogP contribution in [0.3, 0.4) is 0 Å². The molecule has 4 nitrogen and oxygen atoms in total. The van der Waals surface area contributed by atoms with E-state index in [0.29, 0.717) is 12.0 Å². The molecule has 0 aliphatic carbocycles. The molecule has 0 aromatic heterocycles. The molecule has 164 valence electrons. The summed E-state index contributed by atoms with van der Waals surface area (Å²) in [5, 5.41) is 2.68. The first-order chi connectivity index (χ1) is 14.1. The van der Waals surface area contributed by atoms with Crippen molar-refractivity contribution in [2.75, 3.05) is 13.7 Å². The number of hydrogen-bond acceptors (Lipinski definition) is 3. The number of nitrogens with one attached hydrogen (secondary N) is 1. The van der Waals surface area contributed by atoms with Crippen LogP contribution < -0.4 is 14.8 Å². The lowest BCUT2D eigenvalue weighted by molar-refractivity contribution is -0.153. The summed E-state index contributed by atoms with van der Waals surface area (Å²) in [6.45, 7) is 0.200. The van der Waals surface area contributed by atoms with Crippen molar-refractivity contribution in [1.29, 1.82) is 0 Å². The van der Waals surface area contributed by atoms with Gasteiger partial charge >= 0.3 is 6.18 Å². The van der Waals surface area contributed by atoms with E-state index in [2.05, 4.69) is 5.32 Å². The van der Waals surface area contributed by atoms with Crippen molar-refractivity contribution >= 4 is 5.91 Å². The minimum Gasteiger partial charge on any atom is -0.493 e. The molecule has 2 rings (SSSR count). The molecule has 1 atom stereocenters. The van der Waals surface area contributed by atoms with Crippen LogP contribution in [-0.2, 0) is 17.6 Å². The van der Waals surface area contributed by atoms with Crippen LogP contribution in [0, 0.1) is 11.6 Å². The fourth-order valence-electron chi connectivity index (χ4n) is 2.84. The van der Waals surface area contributed by atoms with E-state index >= 15 is 0 Å². The maximum atomic E-state index is 13.7. The van der Waals surface area contributed by atoms with Crippen LogP contribution in [0.5, 0.6) is 11.5 Å². The van der Waals surface area contributed by atoms with Crippen LogP contribution >= 0.6 is 0 Å². The van der Waals surface area contributed by atoms with Crippen LogP contribution in [0.1, 0.15) is 24.5 Å². The van der Waals surface area contributed by atoms with E-state index in [0.717, 1.165) is 12.1 Å². The molecule has 0 aliphatic rings. The minimum absolute atomic E-state index is 0.00328. The highest BCUT2D eigenvalue weighted by atomic mass is 19.4. The average molecular weight is 431 g/mol. The maximum Gasteiger partial charge on any atom is 0.422 e. The number of ether oxygens (including phenoxy) is 2. The standard InChI is InChI=1S/C21H22F5NO3/c1-13(10-15-16(22)4-3-5-17(15)23)27-20(28)9-7-14-6-8-18(19(11-14)29-2)30-12-21(24,25)26/h3-6,8,11,13H,7,9-10,12H2,1-2H3,(H,27,28). The Kier molecular flexibility index (Phi) is 8.02. The summed E-state index contributed by atoms with van der Waals surface area (Å²) in [4.78, 5) is 12.1. The molecule has 2 aromatic carbocycles. The summed E-state index contributed by atoms with van der Waals surface area (Å²) >= 11 is 0. The molecule has 9 heteroatoms. The smallest absolute Gasteiger partial charge is 0.422 e. The number of aryl methyl sites for hydroxylation is 1. The summed E-state index contributed by atoms with van der Waals surface area (Å²) in [5.74, 6) is -1.59. The molecule has 0 saturated heterocycles. The lowest BCUT2D eigenvalue weighted by Crippen LogP contribution is -2.34. The summed E-state index contributed by atoms with van der Waals surface area (Å²) in [6, 6.07) is 7.48. The van der Waals surface area contributed by atoms with Crippen LogP contribution in [0.25, 0.3) is 0 Å². The normalized spacial score (nSPS) is 12.4. The van der Waals surface area contributed by atoms with Crippen molar-refractivity contribution in [1.82, 2.24) is 5.32 Å². The number of hydrogen-bond donors (Lipinski definition) is 1. The van der Waals surface area contributed by atoms with Crippen LogP contribution in [-0.4, -0.2) is 31.8 Å². The van der Waals surface area contributed by atoms with Gasteiger partial charge in [-0.15, -0.1) is 0 Å². The molecule has 0 spiro atoms. The van der Waals surface area contributed by atoms with Crippen molar-refractivity contribution in [3.8, 4) is 11.5 Å². The molecule has 0 bridgehead atoms. The highest BCUT2D eigenvalue weighted by Crippen LogP contribution is 2.30. The van der Waals surface area contributed by atoms with Gasteiger partial charge in [0.1, 0.15) is 11.6 Å². The SMILES string of the molecule is COc1cc(CCC(=O)NC(C)Cc2c(F)cccc2F)ccc1OCC(F)(F)F. The molecule has 0 fully saturated rings. The number of halogens is 5. The van der Waals surface area contributed by atoms with Crippen LogP contribution in [0.2, 0.25) is 0 Å². The predicted molar refractivity (Wildman–Crippen MR) is 101 cm³/mol. The predicted octanol–water partition coefficient (Wildman–Crippen LogP) is 4.59. The Morgan fingerprint density at radius 1 is 1.10 bits per heavy atom. The van der Waals surface area contributed by atoms with Crippen molar-refractivity contribution in [3.63, 3.8) is 0 Å². The van der Waals surface area contributed by atoms with Crippen molar-refractivity contribution in [2.45, 2.75) is 38.4 Å². The van der Waals surface area contributed by atoms with Gasteiger partial charge < -0.3 is 14.8 Å². The molecular weight excluding hydrogens is 409 g/mol. The van der Waals surface area contributed by atoms with Gasteiger partial charge in [-0.05, 0) is 49.6 Å². The number of alkyl halides is 3. The van der Waals surface area contributed by atoms with Gasteiger partial charge in [0.15, 0.2) is 18.1 Å². The van der Waals surface area contributed by atoms with Gasteiger partial charge in [0.05, 0.1) is 7.11 Å². The van der Waals surface area contributed by atoms with Crippen LogP contribution in [0.15, 0.2) is 36.4 Å². The molecular formula is C21H22F5NO3. The number of amides is 1. The largest absolute Gasteiger partial charge is 0.493 e. The average Bonchev–Trinajstić information content (AvgIpc) is 2.67. The van der Waals surface area contributed by atoms with Gasteiger partial charge in [0.2, 0.25) is 5.91 Å². The molecule has 1 unspecified atom stereocenters. The van der Waals surface area contributed by atoms with Crippen molar-refractivity contribution in [2.24, 2.45) is 0 Å². The number of rotatable bonds is 9. The van der Waals surface area contributed by atoms with E-state index in [4.69, 9.17) is 9.47 Å². The first kappa shape index (κ1) is 23.4. The van der Waals surface area contributed by atoms with Gasteiger partial charge in [-0.25, -0.2) is 8.78 Å². The van der Waals surface area contributed by atoms with E-state index in [-0.39, 0.29) is 35.8 Å². The molecule has 2 aromatic rings. The summed E-state index contributed by atoms with van der Waals surface area (Å²) in [6.07, 6.45) is -4.09. The first-order valence-electron chi connectivity index (χ1n) is 9.17. The fraction of sp³-hybridized carbons (Fsp3) is 0.381. The monoisotopic (exact) mass is 431 g/mol. The number of methoxy groups -OCH3 is 1. The topological polar surface area (TPSA) is 47.6 Å². The molecule has 30 heavy (non-hydrogen) atoms. The third-order valence-corrected chi connectivity index (χ3v) is 4.24. The molecule has 1 amide bonds. The number of carbonyl (C=O) groups excluding carboxylic acids is 1. The second-order valence-electron chi connectivity index (χ2n) is 6.76. The van der Waals surface area contributed by atoms with Gasteiger partial charge in [-0.3, -0.25) is 4.79 Å². The van der Waals surface area contributed by atoms with Gasteiger partial charge in [0.25, 0.3) is 0 Å².